The van der Waals surface area contributed by atoms with E-state index in [9.17, 15) is 23.5 Å². The molecular weight excluding hydrogens is 977 g/mol. The average molecular weight is 1040 g/mol. The van der Waals surface area contributed by atoms with Crippen molar-refractivity contribution in [1.29, 1.82) is 0 Å². The summed E-state index contributed by atoms with van der Waals surface area (Å²) in [5, 5.41) is 2.87. The molecule has 0 saturated carbocycles. The van der Waals surface area contributed by atoms with E-state index in [1.807, 2.05) is 18.2 Å². The van der Waals surface area contributed by atoms with Gasteiger partial charge >= 0.3 is 44.5 Å². The number of esters is 1. The normalized spacial score (nSPS) is 12.5. The SMILES string of the molecule is C.C.COCCOc1nc(N)c2[nH]c(=O)n(Cc3cccc(CP(=O)(N[C@@H](C)C(=O)OC(C)C)Oc4ccccc4)c3)c2n1.COCCOc1nc(N)c2[nH]c(=O)n(Cc3cccc(CP(=O)(O)O)c3)c2n1. The molecule has 7 aromatic rings. The summed E-state index contributed by atoms with van der Waals surface area (Å²) >= 11 is 0. The number of nitrogen functional groups attached to an aromatic ring is 2. The lowest BCUT2D eigenvalue weighted by atomic mass is 10.1. The van der Waals surface area contributed by atoms with Gasteiger partial charge in [0.1, 0.15) is 36.0 Å². The maximum atomic E-state index is 14.1. The van der Waals surface area contributed by atoms with Crippen molar-refractivity contribution in [3.8, 4) is 17.8 Å². The first-order chi connectivity index (χ1) is 33.3. The van der Waals surface area contributed by atoms with E-state index in [1.165, 1.54) is 16.2 Å². The third-order valence-electron chi connectivity index (χ3n) is 9.83. The number of benzene rings is 3. The molecule has 26 heteroatoms. The Hall–Kier alpha value is -6.91. The van der Waals surface area contributed by atoms with E-state index in [4.69, 9.17) is 49.5 Å². The standard InChI is InChI=1S/C28H35N6O7P.C16H20N5O6P.2CH4/c1-18(2)40-26(35)19(3)33-42(37,41-22-11-6-5-7-12-22)17-21-10-8-9-20(15-21)16-34-25-23(30-28(34)36)24(29)31-27(32-25)39-14-13-38-4;1-26-5-6-27-15-19-13(17)12-14(20-15)21(16(22)18-12)8-10-3-2-4-11(7-10)9-28(23,24)25;;/h5-12,15,18-19H,13-14,16-17H2,1-4H3,(H,30,36)(H,33,37)(H2,29,31,32);2-4,7H,5-6,8-9H2,1H3,(H,18,22)(H2,17,19,20)(H2,23,24,25);2*1H4/t19-,42?;;;/m0.../s1. The van der Waals surface area contributed by atoms with Gasteiger partial charge in [-0.15, -0.1) is 0 Å². The Labute approximate surface area is 415 Å². The summed E-state index contributed by atoms with van der Waals surface area (Å²) in [7, 11) is -4.78. The largest absolute Gasteiger partial charge is 0.462 e. The number of anilines is 2. The summed E-state index contributed by atoms with van der Waals surface area (Å²) in [5.74, 6) is -0.00282. The topological polar surface area (TPSA) is 338 Å². The second-order valence-electron chi connectivity index (χ2n) is 15.9. The van der Waals surface area contributed by atoms with Gasteiger partial charge in [-0.1, -0.05) is 81.6 Å². The Bertz CT molecular complexity index is 3120. The monoisotopic (exact) mass is 1040 g/mol. The molecule has 2 atom stereocenters. The molecular formula is C46H63N11O13P2. The van der Waals surface area contributed by atoms with Crippen LogP contribution >= 0.6 is 15.1 Å². The molecule has 0 amide bonds. The minimum atomic E-state index is -4.19. The van der Waals surface area contributed by atoms with Crippen molar-refractivity contribution in [2.75, 3.05) is 52.1 Å². The Morgan fingerprint density at radius 3 is 1.58 bits per heavy atom. The van der Waals surface area contributed by atoms with E-state index in [1.54, 1.807) is 88.5 Å². The highest BCUT2D eigenvalue weighted by molar-refractivity contribution is 7.56. The zero-order chi connectivity index (χ0) is 50.6. The Morgan fingerprint density at radius 1 is 0.681 bits per heavy atom. The number of fused-ring (bicyclic) bond motifs is 2. The minimum absolute atomic E-state index is 0. The maximum absolute atomic E-state index is 14.1. The number of imidazole rings is 2. The molecule has 24 nitrogen and oxygen atoms in total. The molecule has 9 N–H and O–H groups in total. The number of nitrogens with one attached hydrogen (secondary N) is 3. The van der Waals surface area contributed by atoms with Gasteiger partial charge in [-0.2, -0.15) is 19.9 Å². The zero-order valence-corrected chi connectivity index (χ0v) is 40.7. The number of aromatic nitrogens is 8. The van der Waals surface area contributed by atoms with Gasteiger partial charge in [0.05, 0.1) is 44.7 Å². The van der Waals surface area contributed by atoms with E-state index < -0.39 is 38.5 Å². The number of rotatable bonds is 22. The van der Waals surface area contributed by atoms with Gasteiger partial charge in [0.2, 0.25) is 0 Å². The van der Waals surface area contributed by atoms with Crippen LogP contribution in [-0.4, -0.2) is 108 Å². The van der Waals surface area contributed by atoms with Crippen molar-refractivity contribution in [1.82, 2.24) is 44.1 Å². The first-order valence-corrected chi connectivity index (χ1v) is 25.2. The number of ether oxygens (including phenoxy) is 5. The molecule has 7 rings (SSSR count). The fraction of sp³-hybridized carbons (Fsp3) is 0.370. The van der Waals surface area contributed by atoms with Crippen molar-refractivity contribution in [2.24, 2.45) is 0 Å². The molecule has 4 aromatic heterocycles. The molecule has 0 aliphatic carbocycles. The molecule has 0 radical (unpaired) electrons. The van der Waals surface area contributed by atoms with Crippen molar-refractivity contribution in [3.05, 3.63) is 122 Å². The number of hydrogen-bond acceptors (Lipinski definition) is 17. The molecule has 0 saturated heterocycles. The number of methoxy groups -OCH3 is 2. The van der Waals surface area contributed by atoms with Gasteiger partial charge in [0.15, 0.2) is 22.9 Å². The van der Waals surface area contributed by atoms with Crippen LogP contribution in [0.2, 0.25) is 0 Å². The number of nitrogens with two attached hydrogens (primary N) is 2. The van der Waals surface area contributed by atoms with E-state index in [-0.39, 0.29) is 100 Å². The van der Waals surface area contributed by atoms with Crippen molar-refractivity contribution < 1.29 is 51.9 Å². The number of nitrogens with zero attached hydrogens (tertiary/aromatic N) is 6. The van der Waals surface area contributed by atoms with Gasteiger partial charge in [-0.25, -0.2) is 14.7 Å². The predicted molar refractivity (Wildman–Crippen MR) is 272 cm³/mol. The third-order valence-corrected chi connectivity index (χ3v) is 12.7. The number of aromatic amines is 2. The average Bonchev–Trinajstić information content (AvgIpc) is 3.78. The van der Waals surface area contributed by atoms with Gasteiger partial charge in [-0.05, 0) is 55.2 Å². The maximum Gasteiger partial charge on any atom is 0.329 e. The fourth-order valence-corrected chi connectivity index (χ4v) is 9.57. The second kappa shape index (κ2) is 26.0. The van der Waals surface area contributed by atoms with Crippen LogP contribution in [0.5, 0.6) is 17.8 Å². The minimum Gasteiger partial charge on any atom is -0.462 e. The first kappa shape index (κ1) is 57.7. The number of carbonyl (C=O) groups is 1. The Balaban J connectivity index is 0.000000327. The summed E-state index contributed by atoms with van der Waals surface area (Å²) in [6.45, 7) is 6.43. The predicted octanol–water partition coefficient (Wildman–Crippen LogP) is 5.20. The molecule has 0 fully saturated rings. The lowest BCUT2D eigenvalue weighted by Crippen LogP contribution is -2.36. The number of para-hydroxylation sites is 1. The first-order valence-electron chi connectivity index (χ1n) is 21.6. The van der Waals surface area contributed by atoms with E-state index in [0.29, 0.717) is 41.2 Å². The van der Waals surface area contributed by atoms with Crippen molar-refractivity contribution in [3.63, 3.8) is 0 Å². The highest BCUT2D eigenvalue weighted by atomic mass is 31.2. The Morgan fingerprint density at radius 2 is 1.14 bits per heavy atom. The van der Waals surface area contributed by atoms with E-state index in [2.05, 4.69) is 35.0 Å². The van der Waals surface area contributed by atoms with Crippen LogP contribution in [0.3, 0.4) is 0 Å². The lowest BCUT2D eigenvalue weighted by molar-refractivity contribution is -0.149. The molecule has 0 aliphatic rings. The van der Waals surface area contributed by atoms with Crippen LogP contribution in [-0.2, 0) is 53.5 Å². The van der Waals surface area contributed by atoms with Crippen molar-refractivity contribution in [2.45, 2.75) is 73.2 Å². The number of hydrogen-bond donors (Lipinski definition) is 7. The van der Waals surface area contributed by atoms with Crippen LogP contribution in [0.25, 0.3) is 22.3 Å². The molecule has 3 aromatic carbocycles. The highest BCUT2D eigenvalue weighted by Gasteiger charge is 2.31. The number of H-pyrrole nitrogens is 2. The van der Waals surface area contributed by atoms with Crippen molar-refractivity contribution >= 4 is 55.0 Å². The molecule has 72 heavy (non-hydrogen) atoms. The van der Waals surface area contributed by atoms with Gasteiger partial charge in [-0.3, -0.25) is 23.1 Å². The summed E-state index contributed by atoms with van der Waals surface area (Å²) in [6, 6.07) is 21.7. The summed E-state index contributed by atoms with van der Waals surface area (Å²) in [5.41, 5.74) is 14.7. The summed E-state index contributed by atoms with van der Waals surface area (Å²) in [6.07, 6.45) is -0.741. The molecule has 0 spiro atoms. The Kier molecular flexibility index (Phi) is 20.8. The quantitative estimate of drug-likeness (QED) is 0.0260. The van der Waals surface area contributed by atoms with Crippen LogP contribution in [0.15, 0.2) is 88.5 Å². The smallest absolute Gasteiger partial charge is 0.329 e. The van der Waals surface area contributed by atoms with Crippen LogP contribution in [0.1, 0.15) is 57.9 Å². The van der Waals surface area contributed by atoms with Gasteiger partial charge in [0, 0.05) is 14.2 Å². The lowest BCUT2D eigenvalue weighted by Gasteiger charge is -2.24. The summed E-state index contributed by atoms with van der Waals surface area (Å²) in [4.78, 5) is 78.1. The van der Waals surface area contributed by atoms with Crippen LogP contribution in [0, 0.1) is 0 Å². The third kappa shape index (κ3) is 16.1. The highest BCUT2D eigenvalue weighted by Crippen LogP contribution is 2.47. The zero-order valence-electron chi connectivity index (χ0n) is 38.9. The fourth-order valence-electron chi connectivity index (χ4n) is 6.85. The molecule has 390 valence electrons. The van der Waals surface area contributed by atoms with Crippen LogP contribution in [0.4, 0.5) is 11.6 Å². The van der Waals surface area contributed by atoms with E-state index >= 15 is 0 Å². The summed E-state index contributed by atoms with van der Waals surface area (Å²) < 4.78 is 60.1. The molecule has 1 unspecified atom stereocenters. The second-order valence-corrected chi connectivity index (χ2v) is 19.7. The van der Waals surface area contributed by atoms with Crippen LogP contribution < -0.4 is 41.9 Å². The molecule has 0 aliphatic heterocycles. The van der Waals surface area contributed by atoms with Gasteiger partial charge in [0.25, 0.3) is 0 Å². The molecule has 0 bridgehead atoms. The van der Waals surface area contributed by atoms with Gasteiger partial charge < -0.3 is 59.4 Å². The number of carbonyl (C=O) groups excluding carboxylic acids is 1. The molecule has 4 heterocycles. The van der Waals surface area contributed by atoms with E-state index in [0.717, 1.165) is 5.56 Å².